The fourth-order valence-corrected chi connectivity index (χ4v) is 1.54. The number of hydrogen-bond acceptors (Lipinski definition) is 1. The van der Waals surface area contributed by atoms with Crippen molar-refractivity contribution in [3.63, 3.8) is 0 Å². The van der Waals surface area contributed by atoms with E-state index in [9.17, 15) is 0 Å². The standard InChI is InChI=1S/C10H7Br.CH2O/c11-10-6-5-8-3-1-2-4-9(8)7-10;1-2/h1-7H;1H2. The zero-order chi connectivity index (χ0) is 9.68. The van der Waals surface area contributed by atoms with Gasteiger partial charge in [0.05, 0.1) is 0 Å². The van der Waals surface area contributed by atoms with E-state index >= 15 is 0 Å². The van der Waals surface area contributed by atoms with E-state index in [-0.39, 0.29) is 0 Å². The van der Waals surface area contributed by atoms with Crippen molar-refractivity contribution >= 4 is 33.5 Å². The Hall–Kier alpha value is -1.15. The van der Waals surface area contributed by atoms with E-state index < -0.39 is 0 Å². The molecule has 0 spiro atoms. The normalized spacial score (nSPS) is 9.00. The predicted octanol–water partition coefficient (Wildman–Crippen LogP) is 3.42. The summed E-state index contributed by atoms with van der Waals surface area (Å²) in [5.41, 5.74) is 0. The molecule has 0 unspecified atom stereocenters. The van der Waals surface area contributed by atoms with E-state index in [4.69, 9.17) is 4.79 Å². The van der Waals surface area contributed by atoms with E-state index in [1.165, 1.54) is 10.8 Å². The molecular weight excluding hydrogens is 228 g/mol. The molecule has 0 aliphatic heterocycles. The molecule has 0 fully saturated rings. The quantitative estimate of drug-likeness (QED) is 0.686. The highest BCUT2D eigenvalue weighted by Crippen LogP contribution is 2.18. The van der Waals surface area contributed by atoms with Gasteiger partial charge in [0.1, 0.15) is 6.79 Å². The van der Waals surface area contributed by atoms with Crippen molar-refractivity contribution in [2.45, 2.75) is 0 Å². The summed E-state index contributed by atoms with van der Waals surface area (Å²) < 4.78 is 1.14. The molecule has 13 heavy (non-hydrogen) atoms. The summed E-state index contributed by atoms with van der Waals surface area (Å²) in [4.78, 5) is 8.00. The average Bonchev–Trinajstić information content (AvgIpc) is 2.21. The van der Waals surface area contributed by atoms with Crippen molar-refractivity contribution in [3.8, 4) is 0 Å². The van der Waals surface area contributed by atoms with Crippen molar-refractivity contribution < 1.29 is 4.79 Å². The number of halogens is 1. The number of hydrogen-bond donors (Lipinski definition) is 0. The molecule has 2 heteroatoms. The molecule has 0 aliphatic carbocycles. The van der Waals surface area contributed by atoms with Gasteiger partial charge >= 0.3 is 0 Å². The molecule has 2 rings (SSSR count). The first-order valence-corrected chi connectivity index (χ1v) is 4.59. The molecule has 0 atom stereocenters. The minimum atomic E-state index is 1.14. The van der Waals surface area contributed by atoms with E-state index in [2.05, 4.69) is 58.4 Å². The van der Waals surface area contributed by atoms with Crippen LogP contribution in [-0.4, -0.2) is 6.79 Å². The van der Waals surface area contributed by atoms with Crippen LogP contribution in [-0.2, 0) is 4.79 Å². The van der Waals surface area contributed by atoms with Gasteiger partial charge in [0, 0.05) is 4.47 Å². The molecule has 0 aromatic heterocycles. The maximum atomic E-state index is 8.00. The van der Waals surface area contributed by atoms with Crippen molar-refractivity contribution in [3.05, 3.63) is 46.9 Å². The third-order valence-corrected chi connectivity index (χ3v) is 2.20. The molecule has 0 amide bonds. The van der Waals surface area contributed by atoms with Gasteiger partial charge in [-0.3, -0.25) is 0 Å². The Kier molecular flexibility index (Phi) is 3.65. The van der Waals surface area contributed by atoms with Gasteiger partial charge in [-0.1, -0.05) is 46.3 Å². The SMILES string of the molecule is Brc1ccc2ccccc2c1.C=O. The first-order chi connectivity index (χ1) is 6.36. The molecule has 0 radical (unpaired) electrons. The van der Waals surface area contributed by atoms with Crippen LogP contribution in [0.1, 0.15) is 0 Å². The largest absolute Gasteiger partial charge is 0.307 e. The molecule has 66 valence electrons. The fourth-order valence-electron chi connectivity index (χ4n) is 1.16. The molecule has 1 nitrogen and oxygen atoms in total. The summed E-state index contributed by atoms with van der Waals surface area (Å²) in [6, 6.07) is 14.6. The van der Waals surface area contributed by atoms with Crippen LogP contribution in [0.4, 0.5) is 0 Å². The molecule has 0 heterocycles. The molecule has 0 saturated carbocycles. The van der Waals surface area contributed by atoms with E-state index in [0.717, 1.165) is 4.47 Å². The summed E-state index contributed by atoms with van der Waals surface area (Å²) in [5, 5.41) is 2.57. The molecule has 2 aromatic carbocycles. The zero-order valence-electron chi connectivity index (χ0n) is 7.03. The smallest absolute Gasteiger partial charge is 0.106 e. The monoisotopic (exact) mass is 236 g/mol. The van der Waals surface area contributed by atoms with Crippen molar-refractivity contribution in [2.24, 2.45) is 0 Å². The number of carbonyl (C=O) groups is 1. The average molecular weight is 237 g/mol. The van der Waals surface area contributed by atoms with Crippen molar-refractivity contribution in [1.29, 1.82) is 0 Å². The highest BCUT2D eigenvalue weighted by Gasteiger charge is 1.90. The molecule has 0 N–H and O–H groups in total. The van der Waals surface area contributed by atoms with Crippen LogP contribution in [0.2, 0.25) is 0 Å². The Bertz CT molecular complexity index is 398. The van der Waals surface area contributed by atoms with Crippen LogP contribution in [0, 0.1) is 0 Å². The molecular formula is C11H9BrO. The Morgan fingerprint density at radius 2 is 1.54 bits per heavy atom. The van der Waals surface area contributed by atoms with Gasteiger partial charge in [0.2, 0.25) is 0 Å². The minimum absolute atomic E-state index is 1.14. The third-order valence-electron chi connectivity index (χ3n) is 1.71. The van der Waals surface area contributed by atoms with Gasteiger partial charge in [-0.05, 0) is 22.9 Å². The molecule has 0 saturated heterocycles. The first kappa shape index (κ1) is 9.93. The lowest BCUT2D eigenvalue weighted by Gasteiger charge is -1.95. The summed E-state index contributed by atoms with van der Waals surface area (Å²) in [6.45, 7) is 2.00. The lowest BCUT2D eigenvalue weighted by Crippen LogP contribution is -1.69. The molecule has 0 bridgehead atoms. The Balaban J connectivity index is 0.000000396. The van der Waals surface area contributed by atoms with E-state index in [0.29, 0.717) is 0 Å². The second-order valence-corrected chi connectivity index (χ2v) is 3.41. The van der Waals surface area contributed by atoms with E-state index in [1.807, 2.05) is 6.79 Å². The van der Waals surface area contributed by atoms with Gasteiger partial charge < -0.3 is 4.79 Å². The van der Waals surface area contributed by atoms with E-state index in [1.54, 1.807) is 0 Å². The van der Waals surface area contributed by atoms with Crippen LogP contribution in [0.5, 0.6) is 0 Å². The maximum Gasteiger partial charge on any atom is 0.106 e. The van der Waals surface area contributed by atoms with Crippen LogP contribution in [0.25, 0.3) is 10.8 Å². The maximum absolute atomic E-state index is 8.00. The van der Waals surface area contributed by atoms with Crippen LogP contribution in [0.3, 0.4) is 0 Å². The second-order valence-electron chi connectivity index (χ2n) is 2.49. The Labute approximate surface area is 85.5 Å². The lowest BCUT2D eigenvalue weighted by atomic mass is 10.1. The van der Waals surface area contributed by atoms with Crippen molar-refractivity contribution in [2.75, 3.05) is 0 Å². The van der Waals surface area contributed by atoms with Gasteiger partial charge in [-0.25, -0.2) is 0 Å². The third kappa shape index (κ3) is 2.39. The van der Waals surface area contributed by atoms with Crippen molar-refractivity contribution in [1.82, 2.24) is 0 Å². The van der Waals surface area contributed by atoms with Gasteiger partial charge in [0.25, 0.3) is 0 Å². The highest BCUT2D eigenvalue weighted by molar-refractivity contribution is 9.10. The number of carbonyl (C=O) groups excluding carboxylic acids is 1. The van der Waals surface area contributed by atoms with Crippen LogP contribution < -0.4 is 0 Å². The van der Waals surface area contributed by atoms with Gasteiger partial charge in [0.15, 0.2) is 0 Å². The first-order valence-electron chi connectivity index (χ1n) is 3.79. The topological polar surface area (TPSA) is 17.1 Å². The predicted molar refractivity (Wildman–Crippen MR) is 58.8 cm³/mol. The van der Waals surface area contributed by atoms with Crippen LogP contribution in [0.15, 0.2) is 46.9 Å². The number of benzene rings is 2. The van der Waals surface area contributed by atoms with Gasteiger partial charge in [-0.2, -0.15) is 0 Å². The summed E-state index contributed by atoms with van der Waals surface area (Å²) in [7, 11) is 0. The Morgan fingerprint density at radius 1 is 0.923 bits per heavy atom. The van der Waals surface area contributed by atoms with Crippen LogP contribution >= 0.6 is 15.9 Å². The molecule has 0 aliphatic rings. The molecule has 2 aromatic rings. The summed E-state index contributed by atoms with van der Waals surface area (Å²) in [6.07, 6.45) is 0. The fraction of sp³-hybridized carbons (Fsp3) is 0. The highest BCUT2D eigenvalue weighted by atomic mass is 79.9. The summed E-state index contributed by atoms with van der Waals surface area (Å²) in [5.74, 6) is 0. The Morgan fingerprint density at radius 3 is 2.23 bits per heavy atom. The minimum Gasteiger partial charge on any atom is -0.307 e. The zero-order valence-corrected chi connectivity index (χ0v) is 8.62. The van der Waals surface area contributed by atoms with Gasteiger partial charge in [-0.15, -0.1) is 0 Å². The second kappa shape index (κ2) is 4.77. The summed E-state index contributed by atoms with van der Waals surface area (Å²) >= 11 is 3.43. The number of rotatable bonds is 0. The number of fused-ring (bicyclic) bond motifs is 1. The lowest BCUT2D eigenvalue weighted by molar-refractivity contribution is -0.0979.